The van der Waals surface area contributed by atoms with Gasteiger partial charge in [-0.05, 0) is 35.4 Å². The van der Waals surface area contributed by atoms with Gasteiger partial charge in [-0.2, -0.15) is 0 Å². The Bertz CT molecular complexity index is 615. The zero-order chi connectivity index (χ0) is 14.5. The van der Waals surface area contributed by atoms with Gasteiger partial charge in [-0.15, -0.1) is 0 Å². The number of benzene rings is 2. The second kappa shape index (κ2) is 6.39. The van der Waals surface area contributed by atoms with E-state index in [0.717, 1.165) is 15.6 Å². The average molecular weight is 333 g/mol. The molecule has 2 aromatic rings. The quantitative estimate of drug-likeness (QED) is 0.837. The molecule has 0 amide bonds. The van der Waals surface area contributed by atoms with Crippen LogP contribution in [0, 0.1) is 0 Å². The summed E-state index contributed by atoms with van der Waals surface area (Å²) in [5.41, 5.74) is 2.21. The Morgan fingerprint density at radius 3 is 2.05 bits per heavy atom. The van der Waals surface area contributed by atoms with Crippen molar-refractivity contribution in [1.29, 1.82) is 0 Å². The molecule has 0 fully saturated rings. The summed E-state index contributed by atoms with van der Waals surface area (Å²) in [4.78, 5) is 10.6. The van der Waals surface area contributed by atoms with Crippen LogP contribution in [0.25, 0.3) is 11.1 Å². The normalized spacial score (nSPS) is 10.1. The van der Waals surface area contributed by atoms with Crippen molar-refractivity contribution in [1.82, 2.24) is 0 Å². The number of halogens is 1. The molecule has 0 spiro atoms. The van der Waals surface area contributed by atoms with E-state index >= 15 is 0 Å². The zero-order valence-electron chi connectivity index (χ0n) is 10.7. The minimum atomic E-state index is -1.04. The van der Waals surface area contributed by atoms with E-state index in [1.807, 2.05) is 48.5 Å². The van der Waals surface area contributed by atoms with Gasteiger partial charge in [0, 0.05) is 4.47 Å². The number of carboxylic acid groups (broad SMARTS) is 1. The number of hydrogen-bond donors (Lipinski definition) is 1. The zero-order valence-corrected chi connectivity index (χ0v) is 12.3. The largest absolute Gasteiger partial charge is 0.489 e. The van der Waals surface area contributed by atoms with Crippen LogP contribution in [-0.2, 0) is 4.79 Å². The summed E-state index contributed by atoms with van der Waals surface area (Å²) in [7, 11) is 0. The second-order valence-electron chi connectivity index (χ2n) is 4.23. The fraction of sp³-hybridized carbons (Fsp3) is 0.0625. The van der Waals surface area contributed by atoms with Gasteiger partial charge in [-0.1, -0.05) is 46.8 Å². The Morgan fingerprint density at radius 2 is 1.55 bits per heavy atom. The lowest BCUT2D eigenvalue weighted by atomic mass is 10.1. The molecule has 0 atom stereocenters. The van der Waals surface area contributed by atoms with E-state index in [1.165, 1.54) is 0 Å². The van der Waals surface area contributed by atoms with Crippen LogP contribution in [0.4, 0.5) is 0 Å². The van der Waals surface area contributed by atoms with E-state index in [2.05, 4.69) is 22.5 Å². The Hall–Kier alpha value is -2.07. The van der Waals surface area contributed by atoms with Crippen molar-refractivity contribution in [2.75, 3.05) is 6.61 Å². The highest BCUT2D eigenvalue weighted by molar-refractivity contribution is 9.10. The highest BCUT2D eigenvalue weighted by Crippen LogP contribution is 2.24. The van der Waals surface area contributed by atoms with E-state index in [-0.39, 0.29) is 12.2 Å². The summed E-state index contributed by atoms with van der Waals surface area (Å²) < 4.78 is 6.39. The van der Waals surface area contributed by atoms with Gasteiger partial charge in [0.05, 0.1) is 5.57 Å². The highest BCUT2D eigenvalue weighted by atomic mass is 79.9. The summed E-state index contributed by atoms with van der Waals surface area (Å²) in [5, 5.41) is 8.69. The topological polar surface area (TPSA) is 46.5 Å². The molecule has 0 aliphatic rings. The van der Waals surface area contributed by atoms with Crippen LogP contribution in [0.15, 0.2) is 65.2 Å². The molecule has 2 aromatic carbocycles. The van der Waals surface area contributed by atoms with E-state index in [9.17, 15) is 4.79 Å². The average Bonchev–Trinajstić information content (AvgIpc) is 2.46. The SMILES string of the molecule is C=C(COc1ccc(-c2ccc(Br)cc2)cc1)C(=O)O. The maximum absolute atomic E-state index is 10.6. The molecule has 0 unspecified atom stereocenters. The summed E-state index contributed by atoms with van der Waals surface area (Å²) in [6, 6.07) is 15.5. The maximum Gasteiger partial charge on any atom is 0.334 e. The molecule has 4 heteroatoms. The Balaban J connectivity index is 2.04. The minimum Gasteiger partial charge on any atom is -0.489 e. The van der Waals surface area contributed by atoms with Crippen molar-refractivity contribution in [3.05, 3.63) is 65.2 Å². The number of carboxylic acids is 1. The fourth-order valence-electron chi connectivity index (χ4n) is 1.62. The third kappa shape index (κ3) is 3.71. The molecule has 0 saturated carbocycles. The van der Waals surface area contributed by atoms with Crippen LogP contribution in [0.5, 0.6) is 5.75 Å². The molecular weight excluding hydrogens is 320 g/mol. The lowest BCUT2D eigenvalue weighted by Gasteiger charge is -2.07. The first-order valence-electron chi connectivity index (χ1n) is 5.96. The van der Waals surface area contributed by atoms with Crippen LogP contribution in [0.2, 0.25) is 0 Å². The number of hydrogen-bond acceptors (Lipinski definition) is 2. The van der Waals surface area contributed by atoms with Gasteiger partial charge in [-0.3, -0.25) is 0 Å². The van der Waals surface area contributed by atoms with Gasteiger partial charge in [-0.25, -0.2) is 4.79 Å². The Labute approximate surface area is 125 Å². The van der Waals surface area contributed by atoms with Crippen LogP contribution < -0.4 is 4.74 Å². The molecular formula is C16H13BrO3. The molecule has 0 aromatic heterocycles. The van der Waals surface area contributed by atoms with E-state index in [4.69, 9.17) is 9.84 Å². The van der Waals surface area contributed by atoms with Crippen molar-refractivity contribution in [3.8, 4) is 16.9 Å². The molecule has 0 aliphatic carbocycles. The monoisotopic (exact) mass is 332 g/mol. The molecule has 3 nitrogen and oxygen atoms in total. The van der Waals surface area contributed by atoms with Gasteiger partial charge in [0.15, 0.2) is 0 Å². The predicted octanol–water partition coefficient (Wildman–Crippen LogP) is 4.14. The Kier molecular flexibility index (Phi) is 4.58. The first-order valence-corrected chi connectivity index (χ1v) is 6.75. The highest BCUT2D eigenvalue weighted by Gasteiger charge is 2.05. The van der Waals surface area contributed by atoms with Gasteiger partial charge < -0.3 is 9.84 Å². The van der Waals surface area contributed by atoms with E-state index < -0.39 is 5.97 Å². The number of ether oxygens (including phenoxy) is 1. The van der Waals surface area contributed by atoms with E-state index in [0.29, 0.717) is 5.75 Å². The molecule has 0 aliphatic heterocycles. The summed E-state index contributed by atoms with van der Waals surface area (Å²) in [6.45, 7) is 3.39. The number of rotatable bonds is 5. The molecule has 0 saturated heterocycles. The molecule has 0 bridgehead atoms. The third-order valence-corrected chi connectivity index (χ3v) is 3.28. The van der Waals surface area contributed by atoms with Gasteiger partial charge in [0.2, 0.25) is 0 Å². The predicted molar refractivity (Wildman–Crippen MR) is 81.8 cm³/mol. The number of carbonyl (C=O) groups is 1. The first kappa shape index (κ1) is 14.3. The standard InChI is InChI=1S/C16H13BrO3/c1-11(16(18)19)10-20-15-8-4-13(5-9-15)12-2-6-14(17)7-3-12/h2-9H,1,10H2,(H,18,19). The molecule has 102 valence electrons. The second-order valence-corrected chi connectivity index (χ2v) is 5.14. The van der Waals surface area contributed by atoms with Crippen LogP contribution in [-0.4, -0.2) is 17.7 Å². The minimum absolute atomic E-state index is 0.0209. The number of aliphatic carboxylic acids is 1. The van der Waals surface area contributed by atoms with Crippen molar-refractivity contribution < 1.29 is 14.6 Å². The lowest BCUT2D eigenvalue weighted by Crippen LogP contribution is -2.08. The fourth-order valence-corrected chi connectivity index (χ4v) is 1.88. The van der Waals surface area contributed by atoms with E-state index in [1.54, 1.807) is 0 Å². The third-order valence-electron chi connectivity index (χ3n) is 2.75. The lowest BCUT2D eigenvalue weighted by molar-refractivity contribution is -0.133. The van der Waals surface area contributed by atoms with Gasteiger partial charge >= 0.3 is 5.97 Å². The van der Waals surface area contributed by atoms with Crippen LogP contribution in [0.1, 0.15) is 0 Å². The molecule has 0 radical (unpaired) electrons. The van der Waals surface area contributed by atoms with Crippen molar-refractivity contribution in [2.24, 2.45) is 0 Å². The smallest absolute Gasteiger partial charge is 0.334 e. The van der Waals surface area contributed by atoms with Crippen molar-refractivity contribution in [2.45, 2.75) is 0 Å². The first-order chi connectivity index (χ1) is 9.56. The summed E-state index contributed by atoms with van der Waals surface area (Å²) in [6.07, 6.45) is 0. The van der Waals surface area contributed by atoms with Crippen LogP contribution >= 0.6 is 15.9 Å². The van der Waals surface area contributed by atoms with Crippen molar-refractivity contribution >= 4 is 21.9 Å². The molecule has 2 rings (SSSR count). The maximum atomic E-state index is 10.6. The summed E-state index contributed by atoms with van der Waals surface area (Å²) >= 11 is 3.40. The summed E-state index contributed by atoms with van der Waals surface area (Å²) in [5.74, 6) is -0.426. The van der Waals surface area contributed by atoms with Gasteiger partial charge in [0.1, 0.15) is 12.4 Å². The Morgan fingerprint density at radius 1 is 1.05 bits per heavy atom. The molecule has 1 N–H and O–H groups in total. The van der Waals surface area contributed by atoms with Crippen molar-refractivity contribution in [3.63, 3.8) is 0 Å². The van der Waals surface area contributed by atoms with Crippen LogP contribution in [0.3, 0.4) is 0 Å². The molecule has 0 heterocycles. The van der Waals surface area contributed by atoms with Gasteiger partial charge in [0.25, 0.3) is 0 Å². The molecule has 20 heavy (non-hydrogen) atoms.